The van der Waals surface area contributed by atoms with E-state index in [1.54, 1.807) is 0 Å². The van der Waals surface area contributed by atoms with E-state index in [1.807, 2.05) is 6.21 Å². The molecule has 1 aliphatic carbocycles. The van der Waals surface area contributed by atoms with E-state index in [1.165, 1.54) is 22.3 Å². The minimum atomic E-state index is -0.0225. The third-order valence-electron chi connectivity index (χ3n) is 2.94. The highest BCUT2D eigenvalue weighted by Gasteiger charge is 2.10. The predicted octanol–water partition coefficient (Wildman–Crippen LogP) is 4.64. The molecule has 0 aromatic heterocycles. The molecule has 0 heterocycles. The number of rotatable bonds is 2. The maximum atomic E-state index is 4.61. The van der Waals surface area contributed by atoms with Crippen molar-refractivity contribution >= 4 is 11.8 Å². The van der Waals surface area contributed by atoms with Gasteiger partial charge in [0.1, 0.15) is 0 Å². The zero-order valence-corrected chi connectivity index (χ0v) is 11.7. The Labute approximate surface area is 110 Å². The molecular weight excluding hydrogens is 218 g/mol. The minimum absolute atomic E-state index is 0.0225. The second-order valence-corrected chi connectivity index (χ2v) is 5.84. The molecular formula is C17H21N. The van der Waals surface area contributed by atoms with Crippen LogP contribution in [0.1, 0.15) is 45.2 Å². The van der Waals surface area contributed by atoms with Crippen molar-refractivity contribution in [3.8, 4) is 0 Å². The Morgan fingerprint density at radius 1 is 1.17 bits per heavy atom. The van der Waals surface area contributed by atoms with Gasteiger partial charge in [0.05, 0.1) is 5.54 Å². The van der Waals surface area contributed by atoms with Crippen molar-refractivity contribution in [3.05, 3.63) is 53.1 Å². The Morgan fingerprint density at radius 2 is 1.89 bits per heavy atom. The van der Waals surface area contributed by atoms with Crippen molar-refractivity contribution < 1.29 is 0 Å². The van der Waals surface area contributed by atoms with Gasteiger partial charge in [0.25, 0.3) is 0 Å². The Hall–Kier alpha value is -1.63. The summed E-state index contributed by atoms with van der Waals surface area (Å²) < 4.78 is 0. The summed E-state index contributed by atoms with van der Waals surface area (Å²) in [5.74, 6) is 0. The molecule has 0 spiro atoms. The molecule has 0 aliphatic heterocycles. The zero-order chi connectivity index (χ0) is 13.2. The average Bonchev–Trinajstić information content (AvgIpc) is 2.72. The summed E-state index contributed by atoms with van der Waals surface area (Å²) in [6.45, 7) is 8.50. The molecule has 0 saturated heterocycles. The molecule has 2 rings (SSSR count). The predicted molar refractivity (Wildman–Crippen MR) is 80.1 cm³/mol. The van der Waals surface area contributed by atoms with E-state index in [2.05, 4.69) is 69.1 Å². The van der Waals surface area contributed by atoms with Crippen LogP contribution in [0.4, 0.5) is 0 Å². The van der Waals surface area contributed by atoms with Crippen LogP contribution in [-0.2, 0) is 0 Å². The van der Waals surface area contributed by atoms with Crippen molar-refractivity contribution in [2.75, 3.05) is 0 Å². The number of hydrogen-bond donors (Lipinski definition) is 0. The van der Waals surface area contributed by atoms with Gasteiger partial charge < -0.3 is 0 Å². The molecule has 0 saturated carbocycles. The number of aliphatic imine (C=N–C) groups is 1. The summed E-state index contributed by atoms with van der Waals surface area (Å²) in [5, 5.41) is 0. The van der Waals surface area contributed by atoms with Crippen LogP contribution in [0.5, 0.6) is 0 Å². The fraction of sp³-hybridized carbons (Fsp3) is 0.353. The summed E-state index contributed by atoms with van der Waals surface area (Å²) in [6.07, 6.45) is 7.58. The number of benzene rings is 1. The van der Waals surface area contributed by atoms with E-state index in [-0.39, 0.29) is 5.54 Å². The van der Waals surface area contributed by atoms with Gasteiger partial charge in [0, 0.05) is 6.21 Å². The minimum Gasteiger partial charge on any atom is -0.287 e. The molecule has 94 valence electrons. The molecule has 1 heteroatoms. The van der Waals surface area contributed by atoms with Crippen molar-refractivity contribution in [1.82, 2.24) is 0 Å². The quantitative estimate of drug-likeness (QED) is 0.667. The molecule has 0 amide bonds. The molecule has 1 aromatic rings. The summed E-state index contributed by atoms with van der Waals surface area (Å²) >= 11 is 0. The van der Waals surface area contributed by atoms with Gasteiger partial charge >= 0.3 is 0 Å². The van der Waals surface area contributed by atoms with Gasteiger partial charge in [-0.1, -0.05) is 42.0 Å². The molecule has 0 bridgehead atoms. The standard InChI is InChI=1S/C17H21N/c1-13-9-10-14(11-13)16-8-6-5-7-15(16)12-18-17(2,3)4/h5-9,11-12H,10H2,1-4H3/b18-12+. The van der Waals surface area contributed by atoms with Crippen LogP contribution < -0.4 is 0 Å². The molecule has 1 aliphatic rings. The Balaban J connectivity index is 2.33. The van der Waals surface area contributed by atoms with Crippen molar-refractivity contribution in [2.24, 2.45) is 4.99 Å². The van der Waals surface area contributed by atoms with E-state index in [9.17, 15) is 0 Å². The van der Waals surface area contributed by atoms with Crippen LogP contribution in [-0.4, -0.2) is 11.8 Å². The fourth-order valence-electron chi connectivity index (χ4n) is 2.02. The van der Waals surface area contributed by atoms with E-state index in [0.29, 0.717) is 0 Å². The molecule has 0 atom stereocenters. The molecule has 18 heavy (non-hydrogen) atoms. The molecule has 1 nitrogen and oxygen atoms in total. The second-order valence-electron chi connectivity index (χ2n) is 5.84. The van der Waals surface area contributed by atoms with E-state index in [4.69, 9.17) is 0 Å². The maximum Gasteiger partial charge on any atom is 0.0524 e. The normalized spacial score (nSPS) is 16.0. The largest absolute Gasteiger partial charge is 0.287 e. The van der Waals surface area contributed by atoms with Crippen LogP contribution in [0, 0.1) is 0 Å². The van der Waals surface area contributed by atoms with Gasteiger partial charge in [0.15, 0.2) is 0 Å². The van der Waals surface area contributed by atoms with Crippen LogP contribution in [0.25, 0.3) is 5.57 Å². The van der Waals surface area contributed by atoms with Gasteiger partial charge in [-0.25, -0.2) is 0 Å². The van der Waals surface area contributed by atoms with Gasteiger partial charge in [-0.05, 0) is 50.8 Å². The van der Waals surface area contributed by atoms with Crippen molar-refractivity contribution in [1.29, 1.82) is 0 Å². The van der Waals surface area contributed by atoms with Gasteiger partial charge in [-0.2, -0.15) is 0 Å². The molecule has 0 unspecified atom stereocenters. The molecule has 1 aromatic carbocycles. The smallest absolute Gasteiger partial charge is 0.0524 e. The highest BCUT2D eigenvalue weighted by Crippen LogP contribution is 2.28. The van der Waals surface area contributed by atoms with Crippen LogP contribution in [0.15, 0.2) is 47.0 Å². The van der Waals surface area contributed by atoms with Gasteiger partial charge in [-0.3, -0.25) is 4.99 Å². The summed E-state index contributed by atoms with van der Waals surface area (Å²) in [5.41, 5.74) is 5.24. The first-order valence-corrected chi connectivity index (χ1v) is 6.48. The first-order valence-electron chi connectivity index (χ1n) is 6.48. The highest BCUT2D eigenvalue weighted by molar-refractivity contribution is 5.90. The van der Waals surface area contributed by atoms with Crippen molar-refractivity contribution in [2.45, 2.75) is 39.7 Å². The lowest BCUT2D eigenvalue weighted by Gasteiger charge is -2.12. The number of hydrogen-bond acceptors (Lipinski definition) is 1. The number of allylic oxidation sites excluding steroid dienone is 4. The maximum absolute atomic E-state index is 4.61. The molecule has 0 radical (unpaired) electrons. The van der Waals surface area contributed by atoms with E-state index in [0.717, 1.165) is 6.42 Å². The van der Waals surface area contributed by atoms with Crippen molar-refractivity contribution in [3.63, 3.8) is 0 Å². The Kier molecular flexibility index (Phi) is 3.51. The Bertz CT molecular complexity index is 525. The number of nitrogens with zero attached hydrogens (tertiary/aromatic N) is 1. The highest BCUT2D eigenvalue weighted by atomic mass is 14.8. The molecule has 0 fully saturated rings. The monoisotopic (exact) mass is 239 g/mol. The summed E-state index contributed by atoms with van der Waals surface area (Å²) in [7, 11) is 0. The fourth-order valence-corrected chi connectivity index (χ4v) is 2.02. The summed E-state index contributed by atoms with van der Waals surface area (Å²) in [4.78, 5) is 4.61. The lowest BCUT2D eigenvalue weighted by atomic mass is 9.99. The SMILES string of the molecule is CC1=CCC(c2ccccc2/C=N/C(C)(C)C)=C1. The lowest BCUT2D eigenvalue weighted by Crippen LogP contribution is -2.10. The molecule has 0 N–H and O–H groups in total. The third kappa shape index (κ3) is 3.19. The topological polar surface area (TPSA) is 12.4 Å². The van der Waals surface area contributed by atoms with Gasteiger partial charge in [-0.15, -0.1) is 0 Å². The average molecular weight is 239 g/mol. The summed E-state index contributed by atoms with van der Waals surface area (Å²) in [6, 6.07) is 8.49. The van der Waals surface area contributed by atoms with Crippen LogP contribution in [0.3, 0.4) is 0 Å². The van der Waals surface area contributed by atoms with E-state index < -0.39 is 0 Å². The first-order chi connectivity index (χ1) is 8.46. The van der Waals surface area contributed by atoms with Gasteiger partial charge in [0.2, 0.25) is 0 Å². The third-order valence-corrected chi connectivity index (χ3v) is 2.94. The second kappa shape index (κ2) is 4.93. The van der Waals surface area contributed by atoms with E-state index >= 15 is 0 Å². The lowest BCUT2D eigenvalue weighted by molar-refractivity contribution is 0.586. The first kappa shape index (κ1) is 12.8. The zero-order valence-electron chi connectivity index (χ0n) is 11.7. The van der Waals surface area contributed by atoms with Crippen LogP contribution >= 0.6 is 0 Å². The van der Waals surface area contributed by atoms with Crippen LogP contribution in [0.2, 0.25) is 0 Å². The Morgan fingerprint density at radius 3 is 2.50 bits per heavy atom.